The molecule has 2 aromatic carbocycles. The lowest BCUT2D eigenvalue weighted by Gasteiger charge is -2.22. The first-order chi connectivity index (χ1) is 15.6. The summed E-state index contributed by atoms with van der Waals surface area (Å²) in [6.07, 6.45) is 4.53. The van der Waals surface area contributed by atoms with Crippen LogP contribution in [-0.4, -0.2) is 36.5 Å². The fourth-order valence-electron chi connectivity index (χ4n) is 3.89. The Bertz CT molecular complexity index is 1220. The summed E-state index contributed by atoms with van der Waals surface area (Å²) in [6.45, 7) is -0.551. The van der Waals surface area contributed by atoms with Crippen LogP contribution < -0.4 is 10.6 Å². The number of benzene rings is 2. The Labute approximate surface area is 185 Å². The summed E-state index contributed by atoms with van der Waals surface area (Å²) in [6, 6.07) is 16.7. The lowest BCUT2D eigenvalue weighted by molar-refractivity contribution is -0.123. The molecule has 0 unspecified atom stereocenters. The van der Waals surface area contributed by atoms with Gasteiger partial charge < -0.3 is 10.1 Å². The van der Waals surface area contributed by atoms with Crippen molar-refractivity contribution in [2.75, 3.05) is 13.7 Å². The molecule has 1 aromatic heterocycles. The molecule has 32 heavy (non-hydrogen) atoms. The average molecular weight is 429 g/mol. The molecule has 0 spiro atoms. The van der Waals surface area contributed by atoms with Gasteiger partial charge in [-0.3, -0.25) is 10.1 Å². The Hall–Kier alpha value is -4.00. The van der Waals surface area contributed by atoms with E-state index in [0.717, 1.165) is 35.2 Å². The Kier molecular flexibility index (Phi) is 6.26. The van der Waals surface area contributed by atoms with Gasteiger partial charge in [-0.15, -0.1) is 0 Å². The van der Waals surface area contributed by atoms with E-state index in [1.807, 2.05) is 54.6 Å². The van der Waals surface area contributed by atoms with Crippen molar-refractivity contribution >= 4 is 40.5 Å². The predicted molar refractivity (Wildman–Crippen MR) is 122 cm³/mol. The number of nitrogens with one attached hydrogen (secondary N) is 2. The summed E-state index contributed by atoms with van der Waals surface area (Å²) in [5.41, 5.74) is 4.87. The van der Waals surface area contributed by atoms with Crippen molar-refractivity contribution < 1.29 is 19.1 Å². The number of allylic oxidation sites excluding steroid dienone is 1. The zero-order chi connectivity index (χ0) is 22.5. The molecule has 7 heteroatoms. The first-order valence-electron chi connectivity index (χ1n) is 10.4. The van der Waals surface area contributed by atoms with Gasteiger partial charge in [0.2, 0.25) is 0 Å². The second kappa shape index (κ2) is 9.43. The fourth-order valence-corrected chi connectivity index (χ4v) is 3.89. The van der Waals surface area contributed by atoms with Gasteiger partial charge in [-0.25, -0.2) is 14.6 Å². The van der Waals surface area contributed by atoms with E-state index in [1.54, 1.807) is 0 Å². The highest BCUT2D eigenvalue weighted by atomic mass is 16.5. The first-order valence-corrected chi connectivity index (χ1v) is 10.4. The number of hydrogen-bond donors (Lipinski definition) is 2. The van der Waals surface area contributed by atoms with Gasteiger partial charge in [0.15, 0.2) is 6.61 Å². The Morgan fingerprint density at radius 1 is 1.03 bits per heavy atom. The van der Waals surface area contributed by atoms with Crippen molar-refractivity contribution in [1.82, 2.24) is 15.6 Å². The van der Waals surface area contributed by atoms with Crippen molar-refractivity contribution in [2.24, 2.45) is 0 Å². The molecule has 0 radical (unpaired) electrons. The highest BCUT2D eigenvalue weighted by molar-refractivity contribution is 6.07. The van der Waals surface area contributed by atoms with Crippen LogP contribution in [0.2, 0.25) is 0 Å². The van der Waals surface area contributed by atoms with Crippen LogP contribution in [0.15, 0.2) is 54.6 Å². The number of amides is 3. The summed E-state index contributed by atoms with van der Waals surface area (Å²) in [5.74, 6) is -1.30. The summed E-state index contributed by atoms with van der Waals surface area (Å²) in [5, 5.41) is 5.05. The minimum absolute atomic E-state index is 0.428. The average Bonchev–Trinajstić information content (AvgIpc) is 2.82. The lowest BCUT2D eigenvalue weighted by Crippen LogP contribution is -2.39. The van der Waals surface area contributed by atoms with Crippen molar-refractivity contribution in [2.45, 2.75) is 19.3 Å². The number of nitrogens with zero attached hydrogens (tertiary/aromatic N) is 1. The van der Waals surface area contributed by atoms with Crippen LogP contribution in [0.3, 0.4) is 0 Å². The van der Waals surface area contributed by atoms with Gasteiger partial charge in [0.05, 0.1) is 16.8 Å². The smallest absolute Gasteiger partial charge is 0.339 e. The fraction of sp³-hybridized carbons (Fsp3) is 0.200. The maximum Gasteiger partial charge on any atom is 0.339 e. The molecule has 2 N–H and O–H groups in total. The second-order valence-corrected chi connectivity index (χ2v) is 7.47. The molecule has 162 valence electrons. The van der Waals surface area contributed by atoms with Crippen LogP contribution in [0.5, 0.6) is 0 Å². The van der Waals surface area contributed by atoms with Crippen LogP contribution in [0, 0.1) is 0 Å². The van der Waals surface area contributed by atoms with E-state index >= 15 is 0 Å². The standard InChI is InChI=1S/C25H23N3O4/c1-26-25(31)28-21(29)15-32-24(30)22-18-11-5-6-13-20(18)27-23-17(10-7-12-19(22)23)14-16-8-3-2-4-9-16/h2-6,8-9,11,13-14H,7,10,12,15H2,1H3,(H2,26,28,29,31)/b17-14+. The highest BCUT2D eigenvalue weighted by Crippen LogP contribution is 2.36. The molecule has 0 atom stereocenters. The first kappa shape index (κ1) is 21.2. The summed E-state index contributed by atoms with van der Waals surface area (Å²) >= 11 is 0. The second-order valence-electron chi connectivity index (χ2n) is 7.47. The zero-order valence-corrected chi connectivity index (χ0v) is 17.7. The van der Waals surface area contributed by atoms with Crippen molar-refractivity contribution in [1.29, 1.82) is 0 Å². The van der Waals surface area contributed by atoms with E-state index in [1.165, 1.54) is 7.05 Å². The van der Waals surface area contributed by atoms with Gasteiger partial charge in [-0.1, -0.05) is 48.5 Å². The summed E-state index contributed by atoms with van der Waals surface area (Å²) in [7, 11) is 1.39. The number of imide groups is 1. The van der Waals surface area contributed by atoms with Crippen LogP contribution in [0.25, 0.3) is 22.6 Å². The molecule has 3 aromatic rings. The van der Waals surface area contributed by atoms with Gasteiger partial charge >= 0.3 is 12.0 Å². The largest absolute Gasteiger partial charge is 0.452 e. The third-order valence-corrected chi connectivity index (χ3v) is 5.33. The molecule has 1 aliphatic carbocycles. The summed E-state index contributed by atoms with van der Waals surface area (Å²) < 4.78 is 5.28. The number of urea groups is 1. The van der Waals surface area contributed by atoms with Crippen LogP contribution in [0.1, 0.15) is 40.0 Å². The molecule has 0 fully saturated rings. The van der Waals surface area contributed by atoms with Gasteiger partial charge in [0, 0.05) is 12.4 Å². The molecule has 7 nitrogen and oxygen atoms in total. The number of aromatic nitrogens is 1. The maximum atomic E-state index is 13.1. The predicted octanol–water partition coefficient (Wildman–Crippen LogP) is 3.72. The van der Waals surface area contributed by atoms with E-state index in [4.69, 9.17) is 9.72 Å². The molecular formula is C25H23N3O4. The van der Waals surface area contributed by atoms with E-state index in [0.29, 0.717) is 22.9 Å². The molecule has 3 amide bonds. The van der Waals surface area contributed by atoms with E-state index < -0.39 is 24.5 Å². The minimum atomic E-state index is -0.699. The summed E-state index contributed by atoms with van der Waals surface area (Å²) in [4.78, 5) is 41.2. The quantitative estimate of drug-likeness (QED) is 0.616. The van der Waals surface area contributed by atoms with Crippen molar-refractivity contribution in [3.63, 3.8) is 0 Å². The number of pyridine rings is 1. The number of carbonyl (C=O) groups is 3. The molecule has 0 aliphatic heterocycles. The molecule has 1 heterocycles. The molecular weight excluding hydrogens is 406 g/mol. The third kappa shape index (κ3) is 4.51. The molecule has 4 rings (SSSR count). The highest BCUT2D eigenvalue weighted by Gasteiger charge is 2.26. The Morgan fingerprint density at radius 2 is 1.78 bits per heavy atom. The molecule has 0 saturated heterocycles. The molecule has 0 bridgehead atoms. The third-order valence-electron chi connectivity index (χ3n) is 5.33. The van der Waals surface area contributed by atoms with Gasteiger partial charge in [0.1, 0.15) is 0 Å². The monoisotopic (exact) mass is 429 g/mol. The minimum Gasteiger partial charge on any atom is -0.452 e. The number of rotatable bonds is 4. The van der Waals surface area contributed by atoms with Crippen molar-refractivity contribution in [3.05, 3.63) is 77.0 Å². The van der Waals surface area contributed by atoms with Crippen LogP contribution in [-0.2, 0) is 16.0 Å². The number of ether oxygens (including phenoxy) is 1. The van der Waals surface area contributed by atoms with E-state index in [-0.39, 0.29) is 0 Å². The normalized spacial score (nSPS) is 14.0. The Balaban J connectivity index is 1.73. The lowest BCUT2D eigenvalue weighted by atomic mass is 9.86. The number of esters is 1. The van der Waals surface area contributed by atoms with Crippen molar-refractivity contribution in [3.8, 4) is 0 Å². The van der Waals surface area contributed by atoms with E-state index in [9.17, 15) is 14.4 Å². The molecule has 1 aliphatic rings. The Morgan fingerprint density at radius 3 is 2.56 bits per heavy atom. The van der Waals surface area contributed by atoms with Crippen LogP contribution in [0.4, 0.5) is 4.79 Å². The molecule has 0 saturated carbocycles. The van der Waals surface area contributed by atoms with Gasteiger partial charge in [0.25, 0.3) is 5.91 Å². The topological polar surface area (TPSA) is 97.4 Å². The SMILES string of the molecule is CNC(=O)NC(=O)COC(=O)c1c2c(nc3ccccc13)/C(=C/c1ccccc1)CCC2. The zero-order valence-electron chi connectivity index (χ0n) is 17.7. The van der Waals surface area contributed by atoms with Gasteiger partial charge in [-0.2, -0.15) is 0 Å². The van der Waals surface area contributed by atoms with E-state index in [2.05, 4.69) is 16.7 Å². The number of hydrogen-bond acceptors (Lipinski definition) is 5. The van der Waals surface area contributed by atoms with Crippen LogP contribution >= 0.6 is 0 Å². The number of carbonyl (C=O) groups excluding carboxylic acids is 3. The van der Waals surface area contributed by atoms with Gasteiger partial charge in [-0.05, 0) is 48.1 Å². The number of fused-ring (bicyclic) bond motifs is 2. The maximum absolute atomic E-state index is 13.1. The number of para-hydroxylation sites is 1.